The first kappa shape index (κ1) is 10.4. The zero-order chi connectivity index (χ0) is 11.2. The molecule has 0 aromatic rings. The standard InChI is InChI=1S/C12H17NO2/c1-7-5-9-10(12(9,3)4)6-11(7)13-15-8(2)14/h5,9-10H,6H2,1-4H3/b13-11+/t9-,10+/m0/s1. The van der Waals surface area contributed by atoms with Crippen LogP contribution in [0.25, 0.3) is 0 Å². The fourth-order valence-electron chi connectivity index (χ4n) is 2.47. The smallest absolute Gasteiger partial charge is 0.318 e. The van der Waals surface area contributed by atoms with E-state index in [-0.39, 0.29) is 5.97 Å². The predicted octanol–water partition coefficient (Wildman–Crippen LogP) is 2.53. The molecule has 0 bridgehead atoms. The number of hydrogen-bond donors (Lipinski definition) is 0. The summed E-state index contributed by atoms with van der Waals surface area (Å²) in [6.45, 7) is 7.96. The number of allylic oxidation sites excluding steroid dienone is 2. The Morgan fingerprint density at radius 3 is 2.87 bits per heavy atom. The lowest BCUT2D eigenvalue weighted by molar-refractivity contribution is -0.140. The van der Waals surface area contributed by atoms with Gasteiger partial charge < -0.3 is 4.84 Å². The van der Waals surface area contributed by atoms with Crippen molar-refractivity contribution in [3.63, 3.8) is 0 Å². The van der Waals surface area contributed by atoms with E-state index in [2.05, 4.69) is 25.1 Å². The van der Waals surface area contributed by atoms with Crippen LogP contribution in [-0.4, -0.2) is 11.7 Å². The van der Waals surface area contributed by atoms with E-state index in [0.29, 0.717) is 17.3 Å². The highest BCUT2D eigenvalue weighted by Gasteiger charge is 2.58. The van der Waals surface area contributed by atoms with Gasteiger partial charge in [-0.15, -0.1) is 0 Å². The van der Waals surface area contributed by atoms with Gasteiger partial charge in [0, 0.05) is 6.92 Å². The van der Waals surface area contributed by atoms with Crippen LogP contribution < -0.4 is 0 Å². The summed E-state index contributed by atoms with van der Waals surface area (Å²) in [5, 5.41) is 3.91. The van der Waals surface area contributed by atoms with E-state index in [1.807, 2.05) is 6.92 Å². The Bertz CT molecular complexity index is 366. The molecule has 2 aliphatic carbocycles. The van der Waals surface area contributed by atoms with E-state index in [1.54, 1.807) is 0 Å². The molecule has 2 rings (SSSR count). The Morgan fingerprint density at radius 2 is 2.27 bits per heavy atom. The lowest BCUT2D eigenvalue weighted by Crippen LogP contribution is -2.09. The molecule has 15 heavy (non-hydrogen) atoms. The van der Waals surface area contributed by atoms with Gasteiger partial charge in [0.25, 0.3) is 0 Å². The summed E-state index contributed by atoms with van der Waals surface area (Å²) < 4.78 is 0. The molecule has 0 spiro atoms. The molecule has 0 amide bonds. The fraction of sp³-hybridized carbons (Fsp3) is 0.667. The molecule has 3 nitrogen and oxygen atoms in total. The summed E-state index contributed by atoms with van der Waals surface area (Å²) in [5.74, 6) is 1.01. The maximum atomic E-state index is 10.7. The normalized spacial score (nSPS) is 34.4. The van der Waals surface area contributed by atoms with Gasteiger partial charge in [-0.2, -0.15) is 0 Å². The van der Waals surface area contributed by atoms with Crippen molar-refractivity contribution in [1.29, 1.82) is 0 Å². The monoisotopic (exact) mass is 207 g/mol. The number of nitrogens with zero attached hydrogens (tertiary/aromatic N) is 1. The van der Waals surface area contributed by atoms with Gasteiger partial charge in [0.2, 0.25) is 0 Å². The maximum absolute atomic E-state index is 10.7. The fourth-order valence-corrected chi connectivity index (χ4v) is 2.47. The molecule has 0 aromatic heterocycles. The molecule has 82 valence electrons. The summed E-state index contributed by atoms with van der Waals surface area (Å²) in [5.41, 5.74) is 2.48. The minimum Gasteiger partial charge on any atom is -0.318 e. The third kappa shape index (κ3) is 1.71. The second-order valence-electron chi connectivity index (χ2n) is 5.13. The molecule has 0 aliphatic heterocycles. The Hall–Kier alpha value is -1.12. The van der Waals surface area contributed by atoms with Crippen molar-refractivity contribution in [1.82, 2.24) is 0 Å². The quantitative estimate of drug-likeness (QED) is 0.489. The Labute approximate surface area is 90.2 Å². The van der Waals surface area contributed by atoms with E-state index in [9.17, 15) is 4.79 Å². The summed E-state index contributed by atoms with van der Waals surface area (Å²) in [4.78, 5) is 15.4. The molecular formula is C12H17NO2. The van der Waals surface area contributed by atoms with Crippen LogP contribution in [0.5, 0.6) is 0 Å². The van der Waals surface area contributed by atoms with Crippen LogP contribution in [0.1, 0.15) is 34.1 Å². The third-order valence-electron chi connectivity index (χ3n) is 3.72. The SMILES string of the molecule is CC(=O)O/N=C1\C[C@@H]2[C@H](C=C1C)C2(C)C. The van der Waals surface area contributed by atoms with Gasteiger partial charge in [0.1, 0.15) is 0 Å². The third-order valence-corrected chi connectivity index (χ3v) is 3.72. The molecule has 2 aliphatic rings. The highest BCUT2D eigenvalue weighted by molar-refractivity contribution is 6.01. The van der Waals surface area contributed by atoms with Crippen LogP contribution in [0.2, 0.25) is 0 Å². The molecule has 0 aromatic carbocycles. The summed E-state index contributed by atoms with van der Waals surface area (Å²) in [6, 6.07) is 0. The van der Waals surface area contributed by atoms with E-state index >= 15 is 0 Å². The lowest BCUT2D eigenvalue weighted by atomic mass is 9.99. The molecule has 1 saturated carbocycles. The Morgan fingerprint density at radius 1 is 1.60 bits per heavy atom. The largest absolute Gasteiger partial charge is 0.331 e. The first-order chi connectivity index (χ1) is 6.93. The van der Waals surface area contributed by atoms with Gasteiger partial charge in [0.15, 0.2) is 0 Å². The molecule has 0 radical (unpaired) electrons. The van der Waals surface area contributed by atoms with Crippen molar-refractivity contribution in [3.05, 3.63) is 11.6 Å². The minimum absolute atomic E-state index is 0.354. The lowest BCUT2D eigenvalue weighted by Gasteiger charge is -2.09. The van der Waals surface area contributed by atoms with Crippen LogP contribution in [0.4, 0.5) is 0 Å². The Balaban J connectivity index is 2.13. The molecule has 0 N–H and O–H groups in total. The van der Waals surface area contributed by atoms with Crippen LogP contribution >= 0.6 is 0 Å². The van der Waals surface area contributed by atoms with Gasteiger partial charge in [-0.1, -0.05) is 25.1 Å². The number of rotatable bonds is 1. The molecule has 2 atom stereocenters. The van der Waals surface area contributed by atoms with Crippen molar-refractivity contribution in [3.8, 4) is 0 Å². The average molecular weight is 207 g/mol. The second kappa shape index (κ2) is 3.19. The molecule has 1 fully saturated rings. The van der Waals surface area contributed by atoms with E-state index in [1.165, 1.54) is 6.92 Å². The van der Waals surface area contributed by atoms with Gasteiger partial charge in [-0.05, 0) is 36.2 Å². The van der Waals surface area contributed by atoms with Crippen molar-refractivity contribution < 1.29 is 9.63 Å². The van der Waals surface area contributed by atoms with Crippen molar-refractivity contribution in [2.45, 2.75) is 34.1 Å². The molecule has 3 heteroatoms. The number of fused-ring (bicyclic) bond motifs is 1. The van der Waals surface area contributed by atoms with Crippen molar-refractivity contribution in [2.24, 2.45) is 22.4 Å². The number of hydrogen-bond acceptors (Lipinski definition) is 3. The van der Waals surface area contributed by atoms with Gasteiger partial charge in [0.05, 0.1) is 5.71 Å². The van der Waals surface area contributed by atoms with Crippen LogP contribution in [0.3, 0.4) is 0 Å². The second-order valence-corrected chi connectivity index (χ2v) is 5.13. The topological polar surface area (TPSA) is 38.7 Å². The van der Waals surface area contributed by atoms with Gasteiger partial charge in [-0.25, -0.2) is 4.79 Å². The van der Waals surface area contributed by atoms with Crippen LogP contribution in [0.15, 0.2) is 16.8 Å². The summed E-state index contributed by atoms with van der Waals surface area (Å²) >= 11 is 0. The molecule has 0 unspecified atom stereocenters. The number of oxime groups is 1. The number of carbonyl (C=O) groups excluding carboxylic acids is 1. The predicted molar refractivity (Wildman–Crippen MR) is 58.3 cm³/mol. The highest BCUT2D eigenvalue weighted by Crippen LogP contribution is 2.63. The van der Waals surface area contributed by atoms with Crippen molar-refractivity contribution in [2.75, 3.05) is 0 Å². The summed E-state index contributed by atoms with van der Waals surface area (Å²) in [7, 11) is 0. The Kier molecular flexibility index (Phi) is 2.21. The first-order valence-electron chi connectivity index (χ1n) is 5.36. The number of carbonyl (C=O) groups is 1. The summed E-state index contributed by atoms with van der Waals surface area (Å²) in [6.07, 6.45) is 3.20. The van der Waals surface area contributed by atoms with Crippen molar-refractivity contribution >= 4 is 11.7 Å². The van der Waals surface area contributed by atoms with Crippen LogP contribution in [-0.2, 0) is 9.63 Å². The maximum Gasteiger partial charge on any atom is 0.331 e. The van der Waals surface area contributed by atoms with Crippen LogP contribution in [0, 0.1) is 17.3 Å². The highest BCUT2D eigenvalue weighted by atomic mass is 16.7. The molecule has 0 heterocycles. The van der Waals surface area contributed by atoms with Gasteiger partial charge >= 0.3 is 5.97 Å². The molecule has 0 saturated heterocycles. The van der Waals surface area contributed by atoms with E-state index in [4.69, 9.17) is 4.84 Å². The molecular weight excluding hydrogens is 190 g/mol. The van der Waals surface area contributed by atoms with E-state index < -0.39 is 0 Å². The average Bonchev–Trinajstić information content (AvgIpc) is 2.64. The van der Waals surface area contributed by atoms with Gasteiger partial charge in [-0.3, -0.25) is 0 Å². The van der Waals surface area contributed by atoms with E-state index in [0.717, 1.165) is 17.7 Å². The zero-order valence-electron chi connectivity index (χ0n) is 9.70. The minimum atomic E-state index is -0.354. The first-order valence-corrected chi connectivity index (χ1v) is 5.36. The zero-order valence-corrected chi connectivity index (χ0v) is 9.70.